The van der Waals surface area contributed by atoms with Crippen molar-refractivity contribution >= 4 is 14.4 Å². The fourth-order valence-corrected chi connectivity index (χ4v) is 5.54. The third kappa shape index (κ3) is 6.47. The van der Waals surface area contributed by atoms with Gasteiger partial charge in [0.05, 0.1) is 18.6 Å². The van der Waals surface area contributed by atoms with Gasteiger partial charge in [0.2, 0.25) is 5.88 Å². The number of carbonyl (C=O) groups is 1. The molecule has 194 valence electrons. The Bertz CT molecular complexity index is 892. The van der Waals surface area contributed by atoms with Crippen molar-refractivity contribution in [2.75, 3.05) is 20.2 Å². The summed E-state index contributed by atoms with van der Waals surface area (Å²) in [5, 5.41) is -0.0349. The number of carbonyl (C=O) groups excluding carboxylic acids is 1. The van der Waals surface area contributed by atoms with Crippen LogP contribution in [0.1, 0.15) is 78.9 Å². The zero-order valence-electron chi connectivity index (χ0n) is 22.6. The summed E-state index contributed by atoms with van der Waals surface area (Å²) in [4.78, 5) is 18.3. The molecular formula is C25H42F2N2O4Si. The maximum Gasteiger partial charge on any atom is 0.410 e. The first-order valence-corrected chi connectivity index (χ1v) is 14.7. The minimum atomic E-state index is -2.99. The molecule has 0 aromatic carbocycles. The summed E-state index contributed by atoms with van der Waals surface area (Å²) in [6, 6.07) is 1.70. The third-order valence-electron chi connectivity index (χ3n) is 6.71. The second-order valence-electron chi connectivity index (χ2n) is 12.2. The molecule has 1 aromatic heterocycles. The average Bonchev–Trinajstić information content (AvgIpc) is 2.64. The lowest BCUT2D eigenvalue weighted by Crippen LogP contribution is -2.49. The molecular weight excluding hydrogens is 458 g/mol. The Labute approximate surface area is 204 Å². The van der Waals surface area contributed by atoms with Crippen molar-refractivity contribution in [2.24, 2.45) is 0 Å². The van der Waals surface area contributed by atoms with Crippen molar-refractivity contribution in [1.82, 2.24) is 9.88 Å². The predicted octanol–water partition coefficient (Wildman–Crippen LogP) is 6.71. The van der Waals surface area contributed by atoms with Crippen LogP contribution < -0.4 is 4.74 Å². The summed E-state index contributed by atoms with van der Waals surface area (Å²) in [5.74, 6) is -3.86. The molecule has 0 N–H and O–H groups in total. The van der Waals surface area contributed by atoms with Crippen LogP contribution in [-0.4, -0.2) is 56.0 Å². The highest BCUT2D eigenvalue weighted by Crippen LogP contribution is 2.45. The summed E-state index contributed by atoms with van der Waals surface area (Å²) in [7, 11) is -0.686. The highest BCUT2D eigenvalue weighted by atomic mass is 28.4. The molecule has 6 nitrogen and oxygen atoms in total. The van der Waals surface area contributed by atoms with Crippen LogP contribution in [0, 0.1) is 0 Å². The van der Waals surface area contributed by atoms with E-state index in [4.69, 9.17) is 13.9 Å². The van der Waals surface area contributed by atoms with Gasteiger partial charge in [0.1, 0.15) is 5.60 Å². The van der Waals surface area contributed by atoms with E-state index in [1.54, 1.807) is 26.8 Å². The van der Waals surface area contributed by atoms with Gasteiger partial charge in [-0.15, -0.1) is 0 Å². The molecule has 1 fully saturated rings. The maximum atomic E-state index is 15.1. The van der Waals surface area contributed by atoms with Crippen molar-refractivity contribution < 1.29 is 27.5 Å². The number of halogens is 2. The Morgan fingerprint density at radius 3 is 2.24 bits per heavy atom. The molecule has 2 rings (SSSR count). The average molecular weight is 501 g/mol. The van der Waals surface area contributed by atoms with Gasteiger partial charge in [-0.05, 0) is 64.4 Å². The van der Waals surface area contributed by atoms with Crippen LogP contribution in [0.5, 0.6) is 5.88 Å². The van der Waals surface area contributed by atoms with Crippen molar-refractivity contribution in [2.45, 2.75) is 103 Å². The largest absolute Gasteiger partial charge is 0.481 e. The molecule has 2 heterocycles. The molecule has 1 unspecified atom stereocenters. The van der Waals surface area contributed by atoms with Crippen molar-refractivity contribution in [3.63, 3.8) is 0 Å². The molecule has 0 bridgehead atoms. The van der Waals surface area contributed by atoms with Crippen LogP contribution in [-0.2, 0) is 14.8 Å². The molecule has 0 spiro atoms. The van der Waals surface area contributed by atoms with Crippen LogP contribution in [0.15, 0.2) is 12.3 Å². The van der Waals surface area contributed by atoms with E-state index < -0.39 is 43.9 Å². The van der Waals surface area contributed by atoms with Gasteiger partial charge in [0.25, 0.3) is 5.92 Å². The Morgan fingerprint density at radius 2 is 1.74 bits per heavy atom. The van der Waals surface area contributed by atoms with Crippen molar-refractivity contribution in [3.8, 4) is 5.88 Å². The number of rotatable bonds is 5. The normalized spacial score (nSPS) is 19.7. The highest BCUT2D eigenvalue weighted by molar-refractivity contribution is 6.74. The Kier molecular flexibility index (Phi) is 7.85. The number of aromatic nitrogens is 1. The third-order valence-corrected chi connectivity index (χ3v) is 11.3. The Balaban J connectivity index is 2.45. The van der Waals surface area contributed by atoms with Gasteiger partial charge in [0, 0.05) is 31.3 Å². The zero-order valence-corrected chi connectivity index (χ0v) is 23.6. The van der Waals surface area contributed by atoms with Crippen LogP contribution in [0.3, 0.4) is 0 Å². The second-order valence-corrected chi connectivity index (χ2v) is 16.9. The number of methoxy groups -OCH3 is 1. The number of hydrogen-bond acceptors (Lipinski definition) is 5. The zero-order chi connectivity index (χ0) is 26.3. The van der Waals surface area contributed by atoms with E-state index in [0.29, 0.717) is 17.0 Å². The molecule has 0 radical (unpaired) electrons. The van der Waals surface area contributed by atoms with E-state index in [-0.39, 0.29) is 18.1 Å². The summed E-state index contributed by atoms with van der Waals surface area (Å²) in [5.41, 5.74) is -0.554. The highest BCUT2D eigenvalue weighted by Gasteiger charge is 2.48. The van der Waals surface area contributed by atoms with Gasteiger partial charge >= 0.3 is 6.09 Å². The van der Waals surface area contributed by atoms with E-state index in [2.05, 4.69) is 38.8 Å². The molecule has 1 aliphatic rings. The van der Waals surface area contributed by atoms with Crippen LogP contribution >= 0.6 is 0 Å². The number of amides is 1. The summed E-state index contributed by atoms with van der Waals surface area (Å²) < 4.78 is 47.8. The minimum absolute atomic E-state index is 0.0349. The lowest BCUT2D eigenvalue weighted by atomic mass is 9.86. The number of alkyl halides is 2. The summed E-state index contributed by atoms with van der Waals surface area (Å²) in [6.45, 7) is 19.6. The van der Waals surface area contributed by atoms with Gasteiger partial charge < -0.3 is 18.8 Å². The Morgan fingerprint density at radius 1 is 1.15 bits per heavy atom. The van der Waals surface area contributed by atoms with Gasteiger partial charge in [-0.2, -0.15) is 0 Å². The van der Waals surface area contributed by atoms with Gasteiger partial charge in [0.15, 0.2) is 8.32 Å². The molecule has 1 atom stereocenters. The maximum absolute atomic E-state index is 15.1. The number of likely N-dealkylation sites (tertiary alicyclic amines) is 1. The predicted molar refractivity (Wildman–Crippen MR) is 132 cm³/mol. The number of pyridine rings is 1. The van der Waals surface area contributed by atoms with E-state index in [1.165, 1.54) is 18.2 Å². The van der Waals surface area contributed by atoms with Gasteiger partial charge in [-0.25, -0.2) is 18.6 Å². The van der Waals surface area contributed by atoms with Crippen molar-refractivity contribution in [1.29, 1.82) is 0 Å². The first-order valence-electron chi connectivity index (χ1n) is 11.8. The SMILES string of the molecule is COc1ncc(C2CN(C(=O)OC(C)(C)C)CCC2(F)F)cc1C(C)(C)O[Si](C)(C)C(C)(C)C. The van der Waals surface area contributed by atoms with Crippen LogP contribution in [0.4, 0.5) is 13.6 Å². The number of nitrogens with zero attached hydrogens (tertiary/aromatic N) is 2. The van der Waals surface area contributed by atoms with E-state index in [9.17, 15) is 4.79 Å². The lowest BCUT2D eigenvalue weighted by molar-refractivity contribution is -0.0772. The molecule has 1 aliphatic heterocycles. The number of ether oxygens (including phenoxy) is 2. The standard InChI is InChI=1S/C25H42F2N2O4Si/c1-22(2,3)32-21(30)29-13-12-25(26,27)19(16-29)17-14-18(20(31-9)28-15-17)24(7,8)33-34(10,11)23(4,5)6/h14-15,19H,12-13,16H2,1-11H3. The van der Waals surface area contributed by atoms with Crippen molar-refractivity contribution in [3.05, 3.63) is 23.4 Å². The fourth-order valence-electron chi connectivity index (χ4n) is 3.84. The van der Waals surface area contributed by atoms with E-state index in [0.717, 1.165) is 0 Å². The quantitative estimate of drug-likeness (QED) is 0.421. The van der Waals surface area contributed by atoms with Gasteiger partial charge in [-0.3, -0.25) is 0 Å². The van der Waals surface area contributed by atoms with E-state index >= 15 is 8.78 Å². The first-order chi connectivity index (χ1) is 15.2. The summed E-state index contributed by atoms with van der Waals surface area (Å²) in [6.07, 6.45) is 0.389. The van der Waals surface area contributed by atoms with Crippen LogP contribution in [0.25, 0.3) is 0 Å². The lowest BCUT2D eigenvalue weighted by Gasteiger charge is -2.43. The second kappa shape index (κ2) is 9.37. The Hall–Kier alpha value is -1.74. The number of hydrogen-bond donors (Lipinski definition) is 0. The molecule has 9 heteroatoms. The monoisotopic (exact) mass is 500 g/mol. The van der Waals surface area contributed by atoms with Gasteiger partial charge in [-0.1, -0.05) is 20.8 Å². The smallest absolute Gasteiger partial charge is 0.410 e. The fraction of sp³-hybridized carbons (Fsp3) is 0.760. The first kappa shape index (κ1) is 28.5. The van der Waals surface area contributed by atoms with Crippen LogP contribution in [0.2, 0.25) is 18.1 Å². The molecule has 1 amide bonds. The molecule has 1 saturated heterocycles. The molecule has 34 heavy (non-hydrogen) atoms. The molecule has 1 aromatic rings. The molecule has 0 aliphatic carbocycles. The van der Waals surface area contributed by atoms with E-state index in [1.807, 2.05) is 13.8 Å². The molecule has 0 saturated carbocycles. The summed E-state index contributed by atoms with van der Waals surface area (Å²) >= 11 is 0. The number of piperidine rings is 1. The minimum Gasteiger partial charge on any atom is -0.481 e. The topological polar surface area (TPSA) is 60.9 Å².